The van der Waals surface area contributed by atoms with Crippen molar-refractivity contribution in [3.63, 3.8) is 0 Å². The molecule has 1 atom stereocenters. The van der Waals surface area contributed by atoms with E-state index >= 15 is 0 Å². The highest BCUT2D eigenvalue weighted by Gasteiger charge is 2.21. The van der Waals surface area contributed by atoms with Crippen LogP contribution in [0.1, 0.15) is 25.3 Å². The topological polar surface area (TPSA) is 55.8 Å². The first-order chi connectivity index (χ1) is 10.6. The fraction of sp³-hybridized carbons (Fsp3) is 0.529. The average molecular weight is 305 g/mol. The molecule has 1 heterocycles. The van der Waals surface area contributed by atoms with Crippen LogP contribution in [-0.4, -0.2) is 43.6 Å². The van der Waals surface area contributed by atoms with Gasteiger partial charge in [0.15, 0.2) is 6.61 Å². The van der Waals surface area contributed by atoms with Crippen molar-refractivity contribution in [2.45, 2.75) is 26.2 Å². The number of amides is 1. The van der Waals surface area contributed by atoms with Crippen molar-refractivity contribution in [3.05, 3.63) is 29.8 Å². The lowest BCUT2D eigenvalue weighted by Gasteiger charge is -2.30. The molecule has 0 radical (unpaired) electrons. The molecule has 5 nitrogen and oxygen atoms in total. The van der Waals surface area contributed by atoms with Crippen LogP contribution in [0.5, 0.6) is 5.75 Å². The van der Waals surface area contributed by atoms with Crippen LogP contribution in [-0.2, 0) is 20.7 Å². The molecule has 1 aliphatic heterocycles. The summed E-state index contributed by atoms with van der Waals surface area (Å²) in [5.41, 5.74) is 0.838. The van der Waals surface area contributed by atoms with Crippen LogP contribution < -0.4 is 4.74 Å². The van der Waals surface area contributed by atoms with Crippen LogP contribution in [0.25, 0.3) is 0 Å². The highest BCUT2D eigenvalue weighted by molar-refractivity contribution is 5.81. The lowest BCUT2D eigenvalue weighted by molar-refractivity contribution is -0.152. The highest BCUT2D eigenvalue weighted by Crippen LogP contribution is 2.15. The Morgan fingerprint density at radius 3 is 2.64 bits per heavy atom. The lowest BCUT2D eigenvalue weighted by atomic mass is 10.0. The molecular weight excluding hydrogens is 282 g/mol. The van der Waals surface area contributed by atoms with E-state index in [1.165, 1.54) is 0 Å². The summed E-state index contributed by atoms with van der Waals surface area (Å²) in [6, 6.07) is 7.22. The quantitative estimate of drug-likeness (QED) is 0.781. The summed E-state index contributed by atoms with van der Waals surface area (Å²) in [5, 5.41) is 0. The van der Waals surface area contributed by atoms with Gasteiger partial charge in [0.25, 0.3) is 5.91 Å². The van der Waals surface area contributed by atoms with Crippen molar-refractivity contribution >= 4 is 11.9 Å². The maximum Gasteiger partial charge on any atom is 0.310 e. The van der Waals surface area contributed by atoms with E-state index in [9.17, 15) is 9.59 Å². The van der Waals surface area contributed by atoms with Gasteiger partial charge in [-0.3, -0.25) is 9.59 Å². The molecule has 0 bridgehead atoms. The lowest BCUT2D eigenvalue weighted by Crippen LogP contribution is -2.41. The van der Waals surface area contributed by atoms with Crippen LogP contribution in [0.3, 0.4) is 0 Å². The molecule has 1 aromatic carbocycles. The molecule has 2 rings (SSSR count). The predicted molar refractivity (Wildman–Crippen MR) is 82.6 cm³/mol. The smallest absolute Gasteiger partial charge is 0.310 e. The highest BCUT2D eigenvalue weighted by atomic mass is 16.5. The van der Waals surface area contributed by atoms with Crippen LogP contribution in [0.15, 0.2) is 24.3 Å². The van der Waals surface area contributed by atoms with Crippen molar-refractivity contribution in [1.82, 2.24) is 4.90 Å². The number of carbonyl (C=O) groups excluding carboxylic acids is 2. The van der Waals surface area contributed by atoms with E-state index < -0.39 is 0 Å². The van der Waals surface area contributed by atoms with Gasteiger partial charge in [-0.1, -0.05) is 19.1 Å². The van der Waals surface area contributed by atoms with E-state index in [0.717, 1.165) is 37.2 Å². The van der Waals surface area contributed by atoms with Crippen LogP contribution in [0.4, 0.5) is 0 Å². The normalized spacial score (nSPS) is 17.9. The second-order valence-corrected chi connectivity index (χ2v) is 5.77. The largest absolute Gasteiger partial charge is 0.497 e. The molecule has 1 amide bonds. The van der Waals surface area contributed by atoms with E-state index in [1.807, 2.05) is 12.1 Å². The number of esters is 1. The van der Waals surface area contributed by atoms with Gasteiger partial charge in [-0.25, -0.2) is 0 Å². The first kappa shape index (κ1) is 16.3. The number of ether oxygens (including phenoxy) is 2. The van der Waals surface area contributed by atoms with Gasteiger partial charge in [-0.05, 0) is 36.5 Å². The van der Waals surface area contributed by atoms with Crippen molar-refractivity contribution < 1.29 is 19.1 Å². The van der Waals surface area contributed by atoms with Gasteiger partial charge < -0.3 is 14.4 Å². The monoisotopic (exact) mass is 305 g/mol. The molecule has 1 fully saturated rings. The summed E-state index contributed by atoms with van der Waals surface area (Å²) in [7, 11) is 1.59. The molecular formula is C17H23NO4. The van der Waals surface area contributed by atoms with Crippen molar-refractivity contribution in [3.8, 4) is 5.75 Å². The van der Waals surface area contributed by atoms with Gasteiger partial charge in [0.1, 0.15) is 5.75 Å². The molecule has 0 unspecified atom stereocenters. The van der Waals surface area contributed by atoms with E-state index in [-0.39, 0.29) is 24.9 Å². The van der Waals surface area contributed by atoms with Gasteiger partial charge >= 0.3 is 5.97 Å². The number of hydrogen-bond donors (Lipinski definition) is 0. The van der Waals surface area contributed by atoms with Crippen molar-refractivity contribution in [2.75, 3.05) is 26.8 Å². The first-order valence-electron chi connectivity index (χ1n) is 7.65. The fourth-order valence-electron chi connectivity index (χ4n) is 2.61. The molecule has 1 aliphatic rings. The SMILES string of the molecule is COc1ccc(CC(=O)OCC(=O)N2CCC[C@@H](C)C2)cc1. The molecule has 0 N–H and O–H groups in total. The number of likely N-dealkylation sites (tertiary alicyclic amines) is 1. The number of benzene rings is 1. The Kier molecular flexibility index (Phi) is 5.81. The van der Waals surface area contributed by atoms with Crippen LogP contribution >= 0.6 is 0 Å². The number of piperidine rings is 1. The summed E-state index contributed by atoms with van der Waals surface area (Å²) < 4.78 is 10.2. The number of methoxy groups -OCH3 is 1. The Bertz CT molecular complexity index is 512. The van der Waals surface area contributed by atoms with E-state index in [1.54, 1.807) is 24.1 Å². The third kappa shape index (κ3) is 4.76. The van der Waals surface area contributed by atoms with E-state index in [0.29, 0.717) is 5.92 Å². The third-order valence-electron chi connectivity index (χ3n) is 3.87. The molecule has 0 aromatic heterocycles. The average Bonchev–Trinajstić information content (AvgIpc) is 2.53. The number of nitrogens with zero attached hydrogens (tertiary/aromatic N) is 1. The second-order valence-electron chi connectivity index (χ2n) is 5.77. The Labute approximate surface area is 131 Å². The maximum atomic E-state index is 12.0. The Balaban J connectivity index is 1.75. The minimum Gasteiger partial charge on any atom is -0.497 e. The zero-order valence-corrected chi connectivity index (χ0v) is 13.2. The predicted octanol–water partition coefficient (Wildman–Crippen LogP) is 2.04. The summed E-state index contributed by atoms with van der Waals surface area (Å²) in [4.78, 5) is 25.6. The number of hydrogen-bond acceptors (Lipinski definition) is 4. The molecule has 0 aliphatic carbocycles. The van der Waals surface area contributed by atoms with Gasteiger partial charge in [0, 0.05) is 13.1 Å². The van der Waals surface area contributed by atoms with Crippen molar-refractivity contribution in [1.29, 1.82) is 0 Å². The van der Waals surface area contributed by atoms with E-state index in [4.69, 9.17) is 9.47 Å². The minimum absolute atomic E-state index is 0.102. The maximum absolute atomic E-state index is 12.0. The van der Waals surface area contributed by atoms with Gasteiger partial charge in [-0.2, -0.15) is 0 Å². The molecule has 1 saturated heterocycles. The van der Waals surface area contributed by atoms with Crippen molar-refractivity contribution in [2.24, 2.45) is 5.92 Å². The second kappa shape index (κ2) is 7.82. The Hall–Kier alpha value is -2.04. The van der Waals surface area contributed by atoms with Crippen LogP contribution in [0.2, 0.25) is 0 Å². The zero-order chi connectivity index (χ0) is 15.9. The molecule has 5 heteroatoms. The molecule has 120 valence electrons. The van der Waals surface area contributed by atoms with Crippen LogP contribution in [0, 0.1) is 5.92 Å². The molecule has 0 saturated carbocycles. The van der Waals surface area contributed by atoms with E-state index in [2.05, 4.69) is 6.92 Å². The Morgan fingerprint density at radius 1 is 1.27 bits per heavy atom. The summed E-state index contributed by atoms with van der Waals surface area (Å²) in [6.07, 6.45) is 2.33. The third-order valence-corrected chi connectivity index (χ3v) is 3.87. The molecule has 0 spiro atoms. The Morgan fingerprint density at radius 2 is 2.00 bits per heavy atom. The zero-order valence-electron chi connectivity index (χ0n) is 13.2. The van der Waals surface area contributed by atoms with Gasteiger partial charge in [-0.15, -0.1) is 0 Å². The first-order valence-corrected chi connectivity index (χ1v) is 7.65. The summed E-state index contributed by atoms with van der Waals surface area (Å²) in [5.74, 6) is 0.775. The molecule has 1 aromatic rings. The van der Waals surface area contributed by atoms with Gasteiger partial charge in [0.05, 0.1) is 13.5 Å². The summed E-state index contributed by atoms with van der Waals surface area (Å²) in [6.45, 7) is 3.49. The number of carbonyl (C=O) groups is 2. The molecule has 22 heavy (non-hydrogen) atoms. The fourth-order valence-corrected chi connectivity index (χ4v) is 2.61. The van der Waals surface area contributed by atoms with Gasteiger partial charge in [0.2, 0.25) is 0 Å². The standard InChI is InChI=1S/C17H23NO4/c1-13-4-3-9-18(11-13)16(19)12-22-17(20)10-14-5-7-15(21-2)8-6-14/h5-8,13H,3-4,9-12H2,1-2H3/t13-/m1/s1. The number of rotatable bonds is 5. The minimum atomic E-state index is -0.386. The summed E-state index contributed by atoms with van der Waals surface area (Å²) >= 11 is 0.